The van der Waals surface area contributed by atoms with E-state index in [1.807, 2.05) is 6.92 Å². The molecule has 0 saturated carbocycles. The fourth-order valence-electron chi connectivity index (χ4n) is 3.21. The number of nitrogens with zero attached hydrogens (tertiary/aromatic N) is 1. The number of carbonyl (C=O) groups excluding carboxylic acids is 1. The van der Waals surface area contributed by atoms with Gasteiger partial charge in [0.2, 0.25) is 0 Å². The number of hydrogen-bond donors (Lipinski definition) is 2. The van der Waals surface area contributed by atoms with Gasteiger partial charge in [0.15, 0.2) is 0 Å². The van der Waals surface area contributed by atoms with E-state index in [0.29, 0.717) is 39.1 Å². The van der Waals surface area contributed by atoms with Gasteiger partial charge in [-0.2, -0.15) is 0 Å². The highest BCUT2D eigenvalue weighted by Gasteiger charge is 2.43. The summed E-state index contributed by atoms with van der Waals surface area (Å²) in [6, 6.07) is 0. The van der Waals surface area contributed by atoms with Gasteiger partial charge < -0.3 is 20.1 Å². The molecule has 2 rings (SSSR count). The molecule has 2 unspecified atom stereocenters. The zero-order chi connectivity index (χ0) is 14.6. The van der Waals surface area contributed by atoms with Gasteiger partial charge in [-0.1, -0.05) is 13.3 Å². The van der Waals surface area contributed by atoms with Crippen LogP contribution >= 0.6 is 0 Å². The molecule has 2 heterocycles. The highest BCUT2D eigenvalue weighted by molar-refractivity contribution is 5.83. The third-order valence-corrected chi connectivity index (χ3v) is 4.27. The third-order valence-electron chi connectivity index (χ3n) is 4.27. The number of aliphatic carboxylic acids is 1. The van der Waals surface area contributed by atoms with E-state index < -0.39 is 17.5 Å². The van der Waals surface area contributed by atoms with Crippen molar-refractivity contribution in [2.75, 3.05) is 32.8 Å². The summed E-state index contributed by atoms with van der Waals surface area (Å²) in [5.41, 5.74) is -0.773. The van der Waals surface area contributed by atoms with Gasteiger partial charge in [-0.3, -0.25) is 9.59 Å². The Hall–Kier alpha value is -1.14. The van der Waals surface area contributed by atoms with E-state index >= 15 is 0 Å². The second-order valence-corrected chi connectivity index (χ2v) is 5.76. The number of morpholine rings is 1. The van der Waals surface area contributed by atoms with Gasteiger partial charge in [0, 0.05) is 26.2 Å². The van der Waals surface area contributed by atoms with E-state index in [2.05, 4.69) is 5.32 Å². The van der Waals surface area contributed by atoms with Gasteiger partial charge in [0.05, 0.1) is 12.0 Å². The van der Waals surface area contributed by atoms with Crippen LogP contribution < -0.4 is 5.32 Å². The molecule has 0 aliphatic carbocycles. The zero-order valence-corrected chi connectivity index (χ0v) is 12.1. The number of hydrogen-bond acceptors (Lipinski definition) is 4. The second kappa shape index (κ2) is 6.54. The Morgan fingerprint density at radius 2 is 2.30 bits per heavy atom. The number of piperidine rings is 1. The van der Waals surface area contributed by atoms with Crippen LogP contribution in [0.3, 0.4) is 0 Å². The van der Waals surface area contributed by atoms with Crippen molar-refractivity contribution in [2.24, 2.45) is 5.41 Å². The molecule has 2 aliphatic heterocycles. The van der Waals surface area contributed by atoms with Crippen molar-refractivity contribution in [1.82, 2.24) is 10.2 Å². The van der Waals surface area contributed by atoms with Crippen LogP contribution in [0.5, 0.6) is 0 Å². The summed E-state index contributed by atoms with van der Waals surface area (Å²) < 4.78 is 5.48. The van der Waals surface area contributed by atoms with Crippen LogP contribution in [0.1, 0.15) is 32.6 Å². The number of likely N-dealkylation sites (tertiary alicyclic amines) is 1. The first-order chi connectivity index (χ1) is 9.59. The van der Waals surface area contributed by atoms with Crippen LogP contribution in [0, 0.1) is 5.41 Å². The van der Waals surface area contributed by atoms with E-state index in [4.69, 9.17) is 4.74 Å². The molecule has 2 fully saturated rings. The van der Waals surface area contributed by atoms with Crippen LogP contribution in [-0.2, 0) is 14.3 Å². The maximum atomic E-state index is 12.4. The predicted molar refractivity (Wildman–Crippen MR) is 73.4 cm³/mol. The standard InChI is InChI=1S/C14H24N2O4/c1-2-4-14(13(18)19)5-3-7-16(10-14)12(17)11-9-15-6-8-20-11/h11,15H,2-10H2,1H3,(H,18,19). The normalized spacial score (nSPS) is 31.1. The molecule has 0 aromatic carbocycles. The predicted octanol–water partition coefficient (Wildman–Crippen LogP) is 0.468. The fraction of sp³-hybridized carbons (Fsp3) is 0.857. The Bertz CT molecular complexity index is 364. The molecule has 114 valence electrons. The second-order valence-electron chi connectivity index (χ2n) is 5.76. The van der Waals surface area contributed by atoms with E-state index in [-0.39, 0.29) is 5.91 Å². The Morgan fingerprint density at radius 3 is 2.90 bits per heavy atom. The van der Waals surface area contributed by atoms with E-state index in [9.17, 15) is 14.7 Å². The first-order valence-electron chi connectivity index (χ1n) is 7.43. The van der Waals surface area contributed by atoms with Gasteiger partial charge in [-0.15, -0.1) is 0 Å². The van der Waals surface area contributed by atoms with Crippen LogP contribution in [-0.4, -0.2) is 60.8 Å². The lowest BCUT2D eigenvalue weighted by molar-refractivity contribution is -0.159. The molecular weight excluding hydrogens is 260 g/mol. The quantitative estimate of drug-likeness (QED) is 0.784. The van der Waals surface area contributed by atoms with Gasteiger partial charge in [-0.05, 0) is 19.3 Å². The Labute approximate surface area is 119 Å². The van der Waals surface area contributed by atoms with E-state index in [1.54, 1.807) is 4.90 Å². The van der Waals surface area contributed by atoms with Gasteiger partial charge >= 0.3 is 5.97 Å². The Balaban J connectivity index is 2.04. The summed E-state index contributed by atoms with van der Waals surface area (Å²) in [6.07, 6.45) is 2.38. The number of amides is 1. The van der Waals surface area contributed by atoms with Crippen LogP contribution in [0.15, 0.2) is 0 Å². The van der Waals surface area contributed by atoms with Crippen molar-refractivity contribution in [2.45, 2.75) is 38.7 Å². The molecule has 20 heavy (non-hydrogen) atoms. The van der Waals surface area contributed by atoms with Gasteiger partial charge in [0.25, 0.3) is 5.91 Å². The van der Waals surface area contributed by atoms with Crippen molar-refractivity contribution < 1.29 is 19.4 Å². The number of rotatable bonds is 4. The van der Waals surface area contributed by atoms with Gasteiger partial charge in [0.1, 0.15) is 6.10 Å². The van der Waals surface area contributed by atoms with Crippen LogP contribution in [0.4, 0.5) is 0 Å². The lowest BCUT2D eigenvalue weighted by atomic mass is 9.76. The lowest BCUT2D eigenvalue weighted by Crippen LogP contribution is -2.55. The molecule has 6 heteroatoms. The van der Waals surface area contributed by atoms with Gasteiger partial charge in [-0.25, -0.2) is 0 Å². The van der Waals surface area contributed by atoms with Crippen LogP contribution in [0.2, 0.25) is 0 Å². The zero-order valence-electron chi connectivity index (χ0n) is 12.1. The monoisotopic (exact) mass is 284 g/mol. The highest BCUT2D eigenvalue weighted by atomic mass is 16.5. The first kappa shape index (κ1) is 15.3. The summed E-state index contributed by atoms with van der Waals surface area (Å²) in [4.78, 5) is 25.8. The summed E-state index contributed by atoms with van der Waals surface area (Å²) in [7, 11) is 0. The molecule has 2 atom stereocenters. The topological polar surface area (TPSA) is 78.9 Å². The molecule has 6 nitrogen and oxygen atoms in total. The Morgan fingerprint density at radius 1 is 1.50 bits per heavy atom. The van der Waals surface area contributed by atoms with Crippen molar-refractivity contribution in [3.63, 3.8) is 0 Å². The van der Waals surface area contributed by atoms with Crippen molar-refractivity contribution in [3.05, 3.63) is 0 Å². The molecule has 0 aromatic heterocycles. The maximum Gasteiger partial charge on any atom is 0.311 e. The smallest absolute Gasteiger partial charge is 0.311 e. The molecule has 0 radical (unpaired) electrons. The number of nitrogens with one attached hydrogen (secondary N) is 1. The van der Waals surface area contributed by atoms with E-state index in [0.717, 1.165) is 19.4 Å². The SMILES string of the molecule is CCCC1(C(=O)O)CCCN(C(=O)C2CNCCO2)C1. The highest BCUT2D eigenvalue weighted by Crippen LogP contribution is 2.35. The van der Waals surface area contributed by atoms with Crippen molar-refractivity contribution in [3.8, 4) is 0 Å². The average Bonchev–Trinajstić information content (AvgIpc) is 2.48. The molecule has 0 aromatic rings. The minimum absolute atomic E-state index is 0.0707. The fourth-order valence-corrected chi connectivity index (χ4v) is 3.21. The van der Waals surface area contributed by atoms with E-state index in [1.165, 1.54) is 0 Å². The Kier molecular flexibility index (Phi) is 4.99. The van der Waals surface area contributed by atoms with Crippen molar-refractivity contribution >= 4 is 11.9 Å². The largest absolute Gasteiger partial charge is 0.481 e. The summed E-state index contributed by atoms with van der Waals surface area (Å²) in [5.74, 6) is -0.849. The molecule has 2 saturated heterocycles. The number of carboxylic acid groups (broad SMARTS) is 1. The third kappa shape index (κ3) is 3.12. The summed E-state index contributed by atoms with van der Waals surface area (Å²) in [6.45, 7) is 4.75. The lowest BCUT2D eigenvalue weighted by Gasteiger charge is -2.41. The molecule has 2 N–H and O–H groups in total. The van der Waals surface area contributed by atoms with Crippen LogP contribution in [0.25, 0.3) is 0 Å². The minimum atomic E-state index is -0.778. The molecule has 2 aliphatic rings. The number of carboxylic acids is 1. The summed E-state index contributed by atoms with van der Waals surface area (Å²) >= 11 is 0. The maximum absolute atomic E-state index is 12.4. The molecule has 1 amide bonds. The average molecular weight is 284 g/mol. The summed E-state index contributed by atoms with van der Waals surface area (Å²) in [5, 5.41) is 12.7. The number of ether oxygens (including phenoxy) is 1. The molecule has 0 bridgehead atoms. The minimum Gasteiger partial charge on any atom is -0.481 e. The molecular formula is C14H24N2O4. The first-order valence-corrected chi connectivity index (χ1v) is 7.43. The van der Waals surface area contributed by atoms with Crippen molar-refractivity contribution in [1.29, 1.82) is 0 Å². The molecule has 0 spiro atoms. The number of carbonyl (C=O) groups is 2.